The maximum Gasteiger partial charge on any atom is 0.244 e. The molecule has 1 aliphatic heterocycles. The normalized spacial score (nSPS) is 13.1. The van der Waals surface area contributed by atoms with Crippen LogP contribution in [-0.2, 0) is 11.3 Å². The Kier molecular flexibility index (Phi) is 4.57. The van der Waals surface area contributed by atoms with E-state index in [0.717, 1.165) is 11.3 Å². The van der Waals surface area contributed by atoms with Crippen LogP contribution in [0.1, 0.15) is 11.1 Å². The molecule has 1 N–H and O–H groups in total. The van der Waals surface area contributed by atoms with E-state index in [1.54, 1.807) is 18.2 Å². The monoisotopic (exact) mass is 313 g/mol. The lowest BCUT2D eigenvalue weighted by Gasteiger charge is -2.18. The lowest BCUT2D eigenvalue weighted by atomic mass is 10.2. The first kappa shape index (κ1) is 15.1. The standard InChI is InChI=1S/C18H16FNO3/c19-15-3-1-2-13(10-15)5-7-18(21)20-12-14-4-6-16-17(11-14)23-9-8-22-16/h1-7,10-11H,8-9,12H2,(H,20,21)/b7-5+. The van der Waals surface area contributed by atoms with Crippen molar-refractivity contribution >= 4 is 12.0 Å². The van der Waals surface area contributed by atoms with Crippen molar-refractivity contribution in [3.8, 4) is 11.5 Å². The maximum absolute atomic E-state index is 13.0. The highest BCUT2D eigenvalue weighted by atomic mass is 19.1. The largest absolute Gasteiger partial charge is 0.486 e. The maximum atomic E-state index is 13.0. The van der Waals surface area contributed by atoms with Gasteiger partial charge in [-0.25, -0.2) is 4.39 Å². The van der Waals surface area contributed by atoms with E-state index in [-0.39, 0.29) is 11.7 Å². The number of fused-ring (bicyclic) bond motifs is 1. The highest BCUT2D eigenvalue weighted by Crippen LogP contribution is 2.30. The van der Waals surface area contributed by atoms with Gasteiger partial charge in [0.2, 0.25) is 5.91 Å². The van der Waals surface area contributed by atoms with Gasteiger partial charge in [0, 0.05) is 12.6 Å². The summed E-state index contributed by atoms with van der Waals surface area (Å²) in [5, 5.41) is 2.77. The number of hydrogen-bond donors (Lipinski definition) is 1. The van der Waals surface area contributed by atoms with Crippen molar-refractivity contribution in [2.24, 2.45) is 0 Å². The summed E-state index contributed by atoms with van der Waals surface area (Å²) in [5.74, 6) is 0.837. The first-order valence-electron chi connectivity index (χ1n) is 7.31. The van der Waals surface area contributed by atoms with Gasteiger partial charge in [-0.15, -0.1) is 0 Å². The second-order valence-electron chi connectivity index (χ2n) is 5.08. The molecule has 0 aliphatic carbocycles. The highest BCUT2D eigenvalue weighted by Gasteiger charge is 2.11. The van der Waals surface area contributed by atoms with Gasteiger partial charge in [0.1, 0.15) is 19.0 Å². The molecule has 4 nitrogen and oxygen atoms in total. The molecule has 0 bridgehead atoms. The third-order valence-corrected chi connectivity index (χ3v) is 3.35. The minimum Gasteiger partial charge on any atom is -0.486 e. The van der Waals surface area contributed by atoms with Crippen molar-refractivity contribution in [2.75, 3.05) is 13.2 Å². The quantitative estimate of drug-likeness (QED) is 0.883. The number of rotatable bonds is 4. The number of carbonyl (C=O) groups is 1. The van der Waals surface area contributed by atoms with E-state index in [0.29, 0.717) is 31.1 Å². The van der Waals surface area contributed by atoms with E-state index >= 15 is 0 Å². The van der Waals surface area contributed by atoms with Gasteiger partial charge >= 0.3 is 0 Å². The average Bonchev–Trinajstić information content (AvgIpc) is 2.58. The number of ether oxygens (including phenoxy) is 2. The van der Waals surface area contributed by atoms with Crippen molar-refractivity contribution < 1.29 is 18.7 Å². The fourth-order valence-electron chi connectivity index (χ4n) is 2.23. The van der Waals surface area contributed by atoms with Crippen molar-refractivity contribution in [3.63, 3.8) is 0 Å². The molecule has 0 saturated heterocycles. The predicted octanol–water partition coefficient (Wildman–Crippen LogP) is 2.93. The van der Waals surface area contributed by atoms with E-state index in [1.165, 1.54) is 18.2 Å². The minimum atomic E-state index is -0.330. The summed E-state index contributed by atoms with van der Waals surface area (Å²) in [6.45, 7) is 1.45. The van der Waals surface area contributed by atoms with Crippen LogP contribution in [0.4, 0.5) is 4.39 Å². The second kappa shape index (κ2) is 6.96. The molecule has 2 aromatic rings. The number of hydrogen-bond acceptors (Lipinski definition) is 3. The number of nitrogens with one attached hydrogen (secondary N) is 1. The highest BCUT2D eigenvalue weighted by molar-refractivity contribution is 5.91. The Balaban J connectivity index is 1.56. The third-order valence-electron chi connectivity index (χ3n) is 3.35. The molecule has 2 aromatic carbocycles. The van der Waals surface area contributed by atoms with Gasteiger partial charge < -0.3 is 14.8 Å². The van der Waals surface area contributed by atoms with Crippen LogP contribution in [0.2, 0.25) is 0 Å². The van der Waals surface area contributed by atoms with Gasteiger partial charge in [-0.1, -0.05) is 18.2 Å². The molecule has 5 heteroatoms. The van der Waals surface area contributed by atoms with Gasteiger partial charge in [-0.2, -0.15) is 0 Å². The zero-order valence-electron chi connectivity index (χ0n) is 12.4. The first-order valence-corrected chi connectivity index (χ1v) is 7.31. The van der Waals surface area contributed by atoms with Gasteiger partial charge in [0.15, 0.2) is 11.5 Å². The smallest absolute Gasteiger partial charge is 0.244 e. The SMILES string of the molecule is O=C(/C=C/c1cccc(F)c1)NCc1ccc2c(c1)OCCO2. The fraction of sp³-hybridized carbons (Fsp3) is 0.167. The first-order chi connectivity index (χ1) is 11.2. The molecule has 0 unspecified atom stereocenters. The van der Waals surface area contributed by atoms with Crippen molar-refractivity contribution in [2.45, 2.75) is 6.54 Å². The van der Waals surface area contributed by atoms with Gasteiger partial charge in [-0.3, -0.25) is 4.79 Å². The Morgan fingerprint density at radius 1 is 1.13 bits per heavy atom. The molecule has 0 saturated carbocycles. The molecule has 0 aromatic heterocycles. The predicted molar refractivity (Wildman–Crippen MR) is 84.7 cm³/mol. The number of halogens is 1. The Bertz CT molecular complexity index is 743. The molecule has 0 atom stereocenters. The molecule has 1 amide bonds. The molecular weight excluding hydrogens is 297 g/mol. The second-order valence-corrected chi connectivity index (χ2v) is 5.08. The lowest BCUT2D eigenvalue weighted by molar-refractivity contribution is -0.116. The average molecular weight is 313 g/mol. The van der Waals surface area contributed by atoms with E-state index < -0.39 is 0 Å². The van der Waals surface area contributed by atoms with Crippen LogP contribution in [0.3, 0.4) is 0 Å². The number of amides is 1. The van der Waals surface area contributed by atoms with Crippen LogP contribution in [0.25, 0.3) is 6.08 Å². The van der Waals surface area contributed by atoms with Crippen molar-refractivity contribution in [1.82, 2.24) is 5.32 Å². The van der Waals surface area contributed by atoms with Crippen molar-refractivity contribution in [3.05, 3.63) is 65.5 Å². The molecule has 0 spiro atoms. The van der Waals surface area contributed by atoms with Crippen LogP contribution < -0.4 is 14.8 Å². The molecule has 0 radical (unpaired) electrons. The van der Waals surface area contributed by atoms with E-state index in [2.05, 4.69) is 5.32 Å². The molecule has 23 heavy (non-hydrogen) atoms. The fourth-order valence-corrected chi connectivity index (χ4v) is 2.23. The molecule has 3 rings (SSSR count). The summed E-state index contributed by atoms with van der Waals surface area (Å²) in [6.07, 6.45) is 2.95. The Morgan fingerprint density at radius 3 is 2.78 bits per heavy atom. The van der Waals surface area contributed by atoms with Crippen LogP contribution in [0, 0.1) is 5.82 Å². The van der Waals surface area contributed by atoms with Gasteiger partial charge in [0.25, 0.3) is 0 Å². The Labute approximate surface area is 133 Å². The summed E-state index contributed by atoms with van der Waals surface area (Å²) in [4.78, 5) is 11.8. The zero-order valence-corrected chi connectivity index (χ0v) is 12.4. The third kappa shape index (κ3) is 4.10. The summed E-state index contributed by atoms with van der Waals surface area (Å²) >= 11 is 0. The topological polar surface area (TPSA) is 47.6 Å². The summed E-state index contributed by atoms with van der Waals surface area (Å²) < 4.78 is 24.0. The van der Waals surface area contributed by atoms with Crippen LogP contribution in [-0.4, -0.2) is 19.1 Å². The Hall–Kier alpha value is -2.82. The van der Waals surface area contributed by atoms with Crippen LogP contribution in [0.15, 0.2) is 48.5 Å². The van der Waals surface area contributed by atoms with Gasteiger partial charge in [0.05, 0.1) is 0 Å². The van der Waals surface area contributed by atoms with E-state index in [9.17, 15) is 9.18 Å². The number of carbonyl (C=O) groups excluding carboxylic acids is 1. The molecule has 1 heterocycles. The van der Waals surface area contributed by atoms with E-state index in [4.69, 9.17) is 9.47 Å². The molecule has 0 fully saturated rings. The summed E-state index contributed by atoms with van der Waals surface area (Å²) in [7, 11) is 0. The van der Waals surface area contributed by atoms with Crippen LogP contribution >= 0.6 is 0 Å². The summed E-state index contributed by atoms with van der Waals surface area (Å²) in [5.41, 5.74) is 1.56. The molecule has 1 aliphatic rings. The van der Waals surface area contributed by atoms with E-state index in [1.807, 2.05) is 18.2 Å². The summed E-state index contributed by atoms with van der Waals surface area (Å²) in [6, 6.07) is 11.6. The van der Waals surface area contributed by atoms with Gasteiger partial charge in [-0.05, 0) is 41.5 Å². The zero-order chi connectivity index (χ0) is 16.1. The minimum absolute atomic E-state index is 0.246. The van der Waals surface area contributed by atoms with Crippen molar-refractivity contribution in [1.29, 1.82) is 0 Å². The molecule has 118 valence electrons. The van der Waals surface area contributed by atoms with Crippen LogP contribution in [0.5, 0.6) is 11.5 Å². The molecular formula is C18H16FNO3. The number of benzene rings is 2. The Morgan fingerprint density at radius 2 is 1.96 bits per heavy atom. The lowest BCUT2D eigenvalue weighted by Crippen LogP contribution is -2.20.